The van der Waals surface area contributed by atoms with Crippen molar-refractivity contribution in [2.75, 3.05) is 0 Å². The van der Waals surface area contributed by atoms with Gasteiger partial charge in [0.05, 0.1) is 0 Å². The molecule has 0 N–H and O–H groups in total. The van der Waals surface area contributed by atoms with Gasteiger partial charge in [-0.1, -0.05) is 13.3 Å². The fourth-order valence-electron chi connectivity index (χ4n) is 2.59. The van der Waals surface area contributed by atoms with Crippen molar-refractivity contribution in [1.29, 1.82) is 0 Å². The minimum Gasteiger partial charge on any atom is -0.429 e. The van der Waals surface area contributed by atoms with Crippen molar-refractivity contribution in [3.8, 4) is 5.75 Å². The van der Waals surface area contributed by atoms with Crippen LogP contribution in [0.15, 0.2) is 24.3 Å². The first kappa shape index (κ1) is 18.3. The van der Waals surface area contributed by atoms with Crippen LogP contribution in [0.25, 0.3) is 0 Å². The van der Waals surface area contributed by atoms with E-state index in [1.165, 1.54) is 12.1 Å². The zero-order valence-electron chi connectivity index (χ0n) is 14.1. The molecule has 0 radical (unpaired) electrons. The zero-order valence-corrected chi connectivity index (χ0v) is 14.1. The van der Waals surface area contributed by atoms with Crippen LogP contribution in [0, 0.1) is 32.4 Å². The summed E-state index contributed by atoms with van der Waals surface area (Å²) in [7, 11) is 0. The molecule has 1 nitrogen and oxygen atoms in total. The second kappa shape index (κ2) is 6.83. The highest BCUT2D eigenvalue weighted by molar-refractivity contribution is 5.40. The van der Waals surface area contributed by atoms with Crippen LogP contribution in [0.1, 0.15) is 41.2 Å². The van der Waals surface area contributed by atoms with Crippen LogP contribution in [-0.4, -0.2) is 0 Å². The number of hydrogen-bond donors (Lipinski definition) is 0. The number of rotatable bonds is 5. The van der Waals surface area contributed by atoms with Crippen LogP contribution < -0.4 is 4.74 Å². The van der Waals surface area contributed by atoms with Gasteiger partial charge in [0.15, 0.2) is 0 Å². The van der Waals surface area contributed by atoms with Gasteiger partial charge in [-0.15, -0.1) is 0 Å². The number of alkyl halides is 2. The molecule has 0 aromatic heterocycles. The molecule has 0 unspecified atom stereocenters. The SMILES string of the molecule is CCCc1cc(F)c(C(F)(F)Oc2cc(C)c(C)c(C)c2)c(F)c1. The van der Waals surface area contributed by atoms with Crippen molar-refractivity contribution in [3.63, 3.8) is 0 Å². The Morgan fingerprint density at radius 1 is 0.917 bits per heavy atom. The lowest BCUT2D eigenvalue weighted by atomic mass is 10.0. The molecule has 130 valence electrons. The minimum absolute atomic E-state index is 0.128. The maximum absolute atomic E-state index is 14.3. The molecule has 0 amide bonds. The van der Waals surface area contributed by atoms with E-state index in [9.17, 15) is 17.6 Å². The van der Waals surface area contributed by atoms with E-state index < -0.39 is 23.3 Å². The van der Waals surface area contributed by atoms with Crippen LogP contribution in [0.5, 0.6) is 5.75 Å². The van der Waals surface area contributed by atoms with Gasteiger partial charge in [0.1, 0.15) is 22.9 Å². The molecule has 5 heteroatoms. The predicted octanol–water partition coefficient (Wildman–Crippen LogP) is 5.97. The third-order valence-corrected chi connectivity index (χ3v) is 4.08. The van der Waals surface area contributed by atoms with E-state index in [1.807, 2.05) is 13.8 Å². The molecular formula is C19H20F4O. The van der Waals surface area contributed by atoms with Gasteiger partial charge in [-0.05, 0) is 73.7 Å². The lowest BCUT2D eigenvalue weighted by Crippen LogP contribution is -2.25. The molecular weight excluding hydrogens is 320 g/mol. The van der Waals surface area contributed by atoms with E-state index in [-0.39, 0.29) is 5.75 Å². The van der Waals surface area contributed by atoms with E-state index >= 15 is 0 Å². The van der Waals surface area contributed by atoms with Crippen LogP contribution in [-0.2, 0) is 12.5 Å². The molecule has 0 saturated heterocycles. The van der Waals surface area contributed by atoms with Gasteiger partial charge in [-0.2, -0.15) is 8.78 Å². The van der Waals surface area contributed by atoms with Gasteiger partial charge in [-0.25, -0.2) is 8.78 Å². The van der Waals surface area contributed by atoms with Crippen LogP contribution >= 0.6 is 0 Å². The Morgan fingerprint density at radius 3 is 1.88 bits per heavy atom. The number of ether oxygens (including phenoxy) is 1. The molecule has 2 aromatic carbocycles. The first-order valence-electron chi connectivity index (χ1n) is 7.78. The Balaban J connectivity index is 2.40. The Morgan fingerprint density at radius 2 is 1.42 bits per heavy atom. The number of hydrogen-bond acceptors (Lipinski definition) is 1. The highest BCUT2D eigenvalue weighted by Crippen LogP contribution is 2.36. The van der Waals surface area contributed by atoms with Crippen LogP contribution in [0.4, 0.5) is 17.6 Å². The Hall–Kier alpha value is -2.04. The summed E-state index contributed by atoms with van der Waals surface area (Å²) >= 11 is 0. The third-order valence-electron chi connectivity index (χ3n) is 4.08. The maximum Gasteiger partial charge on any atom is 0.432 e. The summed E-state index contributed by atoms with van der Waals surface area (Å²) in [6.45, 7) is 7.21. The minimum atomic E-state index is -4.10. The number of halogens is 4. The summed E-state index contributed by atoms with van der Waals surface area (Å²) in [5.41, 5.74) is 1.46. The molecule has 0 fully saturated rings. The summed E-state index contributed by atoms with van der Waals surface area (Å²) in [5, 5.41) is 0. The molecule has 0 aliphatic carbocycles. The summed E-state index contributed by atoms with van der Waals surface area (Å²) in [4.78, 5) is 0. The van der Waals surface area contributed by atoms with Crippen molar-refractivity contribution in [2.45, 2.75) is 46.6 Å². The Labute approximate surface area is 139 Å². The monoisotopic (exact) mass is 340 g/mol. The van der Waals surface area contributed by atoms with E-state index in [0.717, 1.165) is 28.8 Å². The van der Waals surface area contributed by atoms with E-state index in [0.29, 0.717) is 18.4 Å². The molecule has 0 bridgehead atoms. The predicted molar refractivity (Wildman–Crippen MR) is 85.5 cm³/mol. The normalized spacial score (nSPS) is 11.7. The second-order valence-electron chi connectivity index (χ2n) is 5.99. The van der Waals surface area contributed by atoms with Gasteiger partial charge in [0.25, 0.3) is 0 Å². The first-order chi connectivity index (χ1) is 11.2. The standard InChI is InChI=1S/C19H20F4O/c1-5-6-14-9-16(20)18(17(21)10-14)19(22,23)24-15-7-11(2)13(4)12(3)8-15/h7-10H,5-6H2,1-4H3. The molecule has 0 aliphatic heterocycles. The highest BCUT2D eigenvalue weighted by Gasteiger charge is 2.41. The molecule has 0 spiro atoms. The fourth-order valence-corrected chi connectivity index (χ4v) is 2.59. The van der Waals surface area contributed by atoms with Crippen LogP contribution in [0.3, 0.4) is 0 Å². The van der Waals surface area contributed by atoms with Crippen molar-refractivity contribution < 1.29 is 22.3 Å². The summed E-state index contributed by atoms with van der Waals surface area (Å²) < 4.78 is 61.4. The van der Waals surface area contributed by atoms with E-state index in [1.54, 1.807) is 13.8 Å². The van der Waals surface area contributed by atoms with E-state index in [4.69, 9.17) is 0 Å². The molecule has 0 saturated carbocycles. The molecule has 2 aromatic rings. The van der Waals surface area contributed by atoms with Crippen LogP contribution in [0.2, 0.25) is 0 Å². The molecule has 24 heavy (non-hydrogen) atoms. The smallest absolute Gasteiger partial charge is 0.429 e. The third kappa shape index (κ3) is 3.71. The van der Waals surface area contributed by atoms with Crippen molar-refractivity contribution in [2.24, 2.45) is 0 Å². The zero-order chi connectivity index (χ0) is 18.1. The second-order valence-corrected chi connectivity index (χ2v) is 5.99. The average Bonchev–Trinajstić information content (AvgIpc) is 2.43. The summed E-state index contributed by atoms with van der Waals surface area (Å²) in [6, 6.07) is 4.73. The molecule has 0 aliphatic rings. The number of aryl methyl sites for hydroxylation is 3. The quantitative estimate of drug-likeness (QED) is 0.609. The van der Waals surface area contributed by atoms with Gasteiger partial charge < -0.3 is 4.74 Å². The Bertz CT molecular complexity index is 707. The summed E-state index contributed by atoms with van der Waals surface area (Å²) in [5.74, 6) is -2.73. The van der Waals surface area contributed by atoms with Crippen molar-refractivity contribution in [3.05, 3.63) is 63.7 Å². The van der Waals surface area contributed by atoms with Crippen molar-refractivity contribution in [1.82, 2.24) is 0 Å². The lowest BCUT2D eigenvalue weighted by Gasteiger charge is -2.21. The highest BCUT2D eigenvalue weighted by atomic mass is 19.3. The maximum atomic E-state index is 14.3. The van der Waals surface area contributed by atoms with Gasteiger partial charge >= 0.3 is 6.11 Å². The summed E-state index contributed by atoms with van der Waals surface area (Å²) in [6.07, 6.45) is -3.03. The molecule has 0 heterocycles. The lowest BCUT2D eigenvalue weighted by molar-refractivity contribution is -0.189. The van der Waals surface area contributed by atoms with Gasteiger partial charge in [0, 0.05) is 0 Å². The largest absolute Gasteiger partial charge is 0.432 e. The van der Waals surface area contributed by atoms with E-state index in [2.05, 4.69) is 4.74 Å². The van der Waals surface area contributed by atoms with Crippen molar-refractivity contribution >= 4 is 0 Å². The average molecular weight is 340 g/mol. The van der Waals surface area contributed by atoms with Gasteiger partial charge in [-0.3, -0.25) is 0 Å². The molecule has 0 atom stereocenters. The Kier molecular flexibility index (Phi) is 5.21. The molecule has 2 rings (SSSR count). The van der Waals surface area contributed by atoms with Gasteiger partial charge in [0.2, 0.25) is 0 Å². The topological polar surface area (TPSA) is 9.23 Å². The number of benzene rings is 2. The first-order valence-corrected chi connectivity index (χ1v) is 7.78. The fraction of sp³-hybridized carbons (Fsp3) is 0.368.